The van der Waals surface area contributed by atoms with Crippen molar-refractivity contribution < 1.29 is 14.4 Å². The second-order valence-corrected chi connectivity index (χ2v) is 5.59. The van der Waals surface area contributed by atoms with Crippen LogP contribution in [0.5, 0.6) is 0 Å². The standard InChI is InChI=1S/C15H17N3O3/c16-14(20)10-3-5-11(6-4-10)18-13(19)7-12(15(18)21)17-8-9-1-2-9/h3-6,9,12,17H,1-2,7-8H2,(H2,16,20)/t12-/m0/s1. The van der Waals surface area contributed by atoms with Crippen LogP contribution in [0.25, 0.3) is 0 Å². The Bertz CT molecular complexity index is 593. The van der Waals surface area contributed by atoms with Gasteiger partial charge in [-0.1, -0.05) is 0 Å². The molecule has 0 bridgehead atoms. The molecule has 1 aliphatic carbocycles. The number of hydrogen-bond acceptors (Lipinski definition) is 4. The predicted molar refractivity (Wildman–Crippen MR) is 76.6 cm³/mol. The van der Waals surface area contributed by atoms with Gasteiger partial charge in [0.25, 0.3) is 5.91 Å². The van der Waals surface area contributed by atoms with Crippen LogP contribution in [0.1, 0.15) is 29.6 Å². The number of carbonyl (C=O) groups is 3. The van der Waals surface area contributed by atoms with Gasteiger partial charge in [-0.15, -0.1) is 0 Å². The summed E-state index contributed by atoms with van der Waals surface area (Å²) in [5.74, 6) is -0.339. The minimum atomic E-state index is -0.537. The van der Waals surface area contributed by atoms with Crippen molar-refractivity contribution in [3.8, 4) is 0 Å². The van der Waals surface area contributed by atoms with Gasteiger partial charge in [0.15, 0.2) is 0 Å². The maximum Gasteiger partial charge on any atom is 0.251 e. The van der Waals surface area contributed by atoms with E-state index in [9.17, 15) is 14.4 Å². The van der Waals surface area contributed by atoms with E-state index < -0.39 is 11.9 Å². The Hall–Kier alpha value is -2.21. The van der Waals surface area contributed by atoms with Crippen LogP contribution >= 0.6 is 0 Å². The average Bonchev–Trinajstić information content (AvgIpc) is 3.23. The maximum absolute atomic E-state index is 12.3. The second kappa shape index (κ2) is 5.29. The van der Waals surface area contributed by atoms with E-state index in [2.05, 4.69) is 5.32 Å². The molecule has 0 radical (unpaired) electrons. The van der Waals surface area contributed by atoms with Crippen LogP contribution in [0, 0.1) is 5.92 Å². The molecule has 0 aromatic heterocycles. The summed E-state index contributed by atoms with van der Waals surface area (Å²) in [4.78, 5) is 36.6. The number of rotatable bonds is 5. The molecule has 2 fully saturated rings. The molecule has 3 amide bonds. The van der Waals surface area contributed by atoms with Crippen LogP contribution in [0.2, 0.25) is 0 Å². The van der Waals surface area contributed by atoms with Gasteiger partial charge in [0.05, 0.1) is 18.2 Å². The van der Waals surface area contributed by atoms with Gasteiger partial charge < -0.3 is 11.1 Å². The fourth-order valence-corrected chi connectivity index (χ4v) is 2.47. The summed E-state index contributed by atoms with van der Waals surface area (Å²) in [6, 6.07) is 5.74. The van der Waals surface area contributed by atoms with Gasteiger partial charge in [-0.3, -0.25) is 14.4 Å². The number of nitrogens with zero attached hydrogens (tertiary/aromatic N) is 1. The minimum absolute atomic E-state index is 0.184. The first-order valence-corrected chi connectivity index (χ1v) is 7.06. The van der Waals surface area contributed by atoms with Crippen molar-refractivity contribution in [2.24, 2.45) is 11.7 Å². The molecule has 1 atom stereocenters. The highest BCUT2D eigenvalue weighted by Crippen LogP contribution is 2.29. The summed E-state index contributed by atoms with van der Waals surface area (Å²) in [7, 11) is 0. The van der Waals surface area contributed by atoms with Crippen molar-refractivity contribution in [2.75, 3.05) is 11.4 Å². The molecule has 1 saturated carbocycles. The number of anilines is 1. The fraction of sp³-hybridized carbons (Fsp3) is 0.400. The summed E-state index contributed by atoms with van der Waals surface area (Å²) < 4.78 is 0. The highest BCUT2D eigenvalue weighted by Gasteiger charge is 2.39. The number of imide groups is 1. The molecule has 6 nitrogen and oxygen atoms in total. The lowest BCUT2D eigenvalue weighted by Crippen LogP contribution is -2.39. The Morgan fingerprint density at radius 1 is 1.24 bits per heavy atom. The zero-order chi connectivity index (χ0) is 15.0. The number of nitrogens with two attached hydrogens (primary N) is 1. The third kappa shape index (κ3) is 2.80. The third-order valence-corrected chi connectivity index (χ3v) is 3.91. The Morgan fingerprint density at radius 2 is 1.90 bits per heavy atom. The molecular weight excluding hydrogens is 270 g/mol. The van der Waals surface area contributed by atoms with Crippen molar-refractivity contribution in [1.82, 2.24) is 5.32 Å². The number of nitrogens with one attached hydrogen (secondary N) is 1. The van der Waals surface area contributed by atoms with Crippen LogP contribution in [0.15, 0.2) is 24.3 Å². The van der Waals surface area contributed by atoms with E-state index in [1.807, 2.05) is 0 Å². The van der Waals surface area contributed by atoms with Gasteiger partial charge in [-0.25, -0.2) is 4.90 Å². The summed E-state index contributed by atoms with van der Waals surface area (Å²) in [5, 5.41) is 3.17. The highest BCUT2D eigenvalue weighted by molar-refractivity contribution is 6.22. The molecule has 1 aliphatic heterocycles. The molecule has 2 aliphatic rings. The Morgan fingerprint density at radius 3 is 2.48 bits per heavy atom. The predicted octanol–water partition coefficient (Wildman–Crippen LogP) is 0.417. The van der Waals surface area contributed by atoms with E-state index in [0.29, 0.717) is 17.2 Å². The van der Waals surface area contributed by atoms with Crippen LogP contribution in [-0.2, 0) is 9.59 Å². The van der Waals surface area contributed by atoms with E-state index in [-0.39, 0.29) is 18.2 Å². The lowest BCUT2D eigenvalue weighted by Gasteiger charge is -2.15. The van der Waals surface area contributed by atoms with E-state index in [1.54, 1.807) is 12.1 Å². The van der Waals surface area contributed by atoms with Gasteiger partial charge in [0, 0.05) is 5.56 Å². The average molecular weight is 287 g/mol. The molecular formula is C15H17N3O3. The molecule has 6 heteroatoms. The van der Waals surface area contributed by atoms with Crippen molar-refractivity contribution in [2.45, 2.75) is 25.3 Å². The third-order valence-electron chi connectivity index (χ3n) is 3.91. The number of primary amides is 1. The lowest BCUT2D eigenvalue weighted by molar-refractivity contribution is -0.121. The van der Waals surface area contributed by atoms with Gasteiger partial charge in [0.1, 0.15) is 0 Å². The topological polar surface area (TPSA) is 92.5 Å². The number of amides is 3. The van der Waals surface area contributed by atoms with Crippen LogP contribution in [-0.4, -0.2) is 30.3 Å². The van der Waals surface area contributed by atoms with Gasteiger partial charge >= 0.3 is 0 Å². The first kappa shape index (κ1) is 13.8. The zero-order valence-electron chi connectivity index (χ0n) is 11.5. The van der Waals surface area contributed by atoms with Gasteiger partial charge in [0.2, 0.25) is 11.8 Å². The molecule has 3 N–H and O–H groups in total. The smallest absolute Gasteiger partial charge is 0.251 e. The number of benzene rings is 1. The summed E-state index contributed by atoms with van der Waals surface area (Å²) in [5.41, 5.74) is 6.00. The molecule has 0 unspecified atom stereocenters. The first-order chi connectivity index (χ1) is 10.1. The number of hydrogen-bond donors (Lipinski definition) is 2. The molecule has 3 rings (SSSR count). The largest absolute Gasteiger partial charge is 0.366 e. The van der Waals surface area contributed by atoms with Crippen LogP contribution in [0.3, 0.4) is 0 Å². The van der Waals surface area contributed by atoms with E-state index >= 15 is 0 Å². The van der Waals surface area contributed by atoms with E-state index in [0.717, 1.165) is 6.54 Å². The van der Waals surface area contributed by atoms with Crippen LogP contribution in [0.4, 0.5) is 5.69 Å². The summed E-state index contributed by atoms with van der Waals surface area (Å²) in [6.45, 7) is 0.790. The van der Waals surface area contributed by atoms with E-state index in [1.165, 1.54) is 29.9 Å². The van der Waals surface area contributed by atoms with E-state index in [4.69, 9.17) is 5.73 Å². The molecule has 1 saturated heterocycles. The Balaban J connectivity index is 1.72. The van der Waals surface area contributed by atoms with Crippen molar-refractivity contribution in [1.29, 1.82) is 0 Å². The Kier molecular flexibility index (Phi) is 3.47. The molecule has 1 heterocycles. The first-order valence-electron chi connectivity index (χ1n) is 7.06. The van der Waals surface area contributed by atoms with Gasteiger partial charge in [-0.2, -0.15) is 0 Å². The normalized spacial score (nSPS) is 21.9. The summed E-state index contributed by atoms with van der Waals surface area (Å²) >= 11 is 0. The zero-order valence-corrected chi connectivity index (χ0v) is 11.5. The summed E-state index contributed by atoms with van der Waals surface area (Å²) in [6.07, 6.45) is 2.57. The lowest BCUT2D eigenvalue weighted by atomic mass is 10.2. The fourth-order valence-electron chi connectivity index (χ4n) is 2.47. The number of carbonyl (C=O) groups excluding carboxylic acids is 3. The quantitative estimate of drug-likeness (QED) is 0.767. The maximum atomic E-state index is 12.3. The molecule has 21 heavy (non-hydrogen) atoms. The van der Waals surface area contributed by atoms with Gasteiger partial charge in [-0.05, 0) is 49.6 Å². The monoisotopic (exact) mass is 287 g/mol. The second-order valence-electron chi connectivity index (χ2n) is 5.59. The van der Waals surface area contributed by atoms with Crippen molar-refractivity contribution in [3.63, 3.8) is 0 Å². The Labute approximate surface area is 122 Å². The van der Waals surface area contributed by atoms with Crippen LogP contribution < -0.4 is 16.0 Å². The minimum Gasteiger partial charge on any atom is -0.366 e. The molecule has 0 spiro atoms. The van der Waals surface area contributed by atoms with Crippen molar-refractivity contribution in [3.05, 3.63) is 29.8 Å². The molecule has 1 aromatic carbocycles. The molecule has 1 aromatic rings. The molecule has 110 valence electrons. The highest BCUT2D eigenvalue weighted by atomic mass is 16.2. The van der Waals surface area contributed by atoms with Crippen molar-refractivity contribution >= 4 is 23.4 Å². The SMILES string of the molecule is NC(=O)c1ccc(N2C(=O)C[C@H](NCC3CC3)C2=O)cc1.